The van der Waals surface area contributed by atoms with Gasteiger partial charge in [-0.25, -0.2) is 14.5 Å². The van der Waals surface area contributed by atoms with E-state index >= 15 is 0 Å². The first-order valence-electron chi connectivity index (χ1n) is 9.61. The molecular weight excluding hydrogens is 380 g/mol. The van der Waals surface area contributed by atoms with Gasteiger partial charge in [0.1, 0.15) is 0 Å². The molecule has 0 fully saturated rings. The van der Waals surface area contributed by atoms with E-state index in [4.69, 9.17) is 0 Å². The molecule has 0 atom stereocenters. The molecule has 2 aliphatic rings. The van der Waals surface area contributed by atoms with Crippen molar-refractivity contribution < 1.29 is 0 Å². The zero-order valence-electron chi connectivity index (χ0n) is 17.1. The average Bonchev–Trinajstić information content (AvgIpc) is 2.76. The Hall–Kier alpha value is -3.65. The van der Waals surface area contributed by atoms with E-state index in [1.807, 2.05) is 68.7 Å². The van der Waals surface area contributed by atoms with Crippen LogP contribution in [0, 0.1) is 0 Å². The van der Waals surface area contributed by atoms with Crippen LogP contribution in [0.2, 0.25) is 0 Å². The fourth-order valence-electron chi connectivity index (χ4n) is 3.12. The maximum Gasteiger partial charge on any atom is 0.352 e. The zero-order chi connectivity index (χ0) is 21.3. The Morgan fingerprint density at radius 3 is 2.30 bits per heavy atom. The van der Waals surface area contributed by atoms with Crippen molar-refractivity contribution in [3.05, 3.63) is 81.0 Å². The summed E-state index contributed by atoms with van der Waals surface area (Å²) in [4.78, 5) is 35.5. The van der Waals surface area contributed by atoms with Crippen molar-refractivity contribution in [3.63, 3.8) is 0 Å². The highest BCUT2D eigenvalue weighted by molar-refractivity contribution is 5.61. The van der Waals surface area contributed by atoms with Gasteiger partial charge in [0.05, 0.1) is 5.69 Å². The van der Waals surface area contributed by atoms with Gasteiger partial charge in [0, 0.05) is 19.2 Å². The molecule has 0 aliphatic carbocycles. The van der Waals surface area contributed by atoms with E-state index < -0.39 is 11.2 Å². The van der Waals surface area contributed by atoms with Crippen molar-refractivity contribution in [2.45, 2.75) is 6.42 Å². The Morgan fingerprint density at radius 2 is 1.63 bits per heavy atom. The van der Waals surface area contributed by atoms with Crippen molar-refractivity contribution in [1.29, 1.82) is 0 Å². The van der Waals surface area contributed by atoms with Crippen LogP contribution in [0.1, 0.15) is 5.56 Å². The van der Waals surface area contributed by atoms with Gasteiger partial charge in [0.15, 0.2) is 17.3 Å². The predicted molar refractivity (Wildman–Crippen MR) is 115 cm³/mol. The van der Waals surface area contributed by atoms with Crippen LogP contribution in [0.5, 0.6) is 0 Å². The molecule has 0 radical (unpaired) electrons. The van der Waals surface area contributed by atoms with Gasteiger partial charge >= 0.3 is 5.69 Å². The standard InChI is InChI=1S/C22H22N6O2/c1-26(2)14-13-15-9-11-16(12-10-15)19-23-18-20(24-22(30)27(3)21(18)29)28(25-19)17-7-5-4-6-8-17/h4-12H,13-14H2,1-3H3. The number of hydrogen-bond donors (Lipinski definition) is 0. The fourth-order valence-corrected chi connectivity index (χ4v) is 3.12. The van der Waals surface area contributed by atoms with Crippen LogP contribution < -0.4 is 11.2 Å². The number of aromatic nitrogens is 5. The molecular formula is C22H22N6O2. The van der Waals surface area contributed by atoms with Crippen molar-refractivity contribution in [1.82, 2.24) is 29.2 Å². The van der Waals surface area contributed by atoms with Gasteiger partial charge in [0.25, 0.3) is 5.56 Å². The van der Waals surface area contributed by atoms with Gasteiger partial charge in [-0.15, -0.1) is 5.10 Å². The molecule has 8 heteroatoms. The number of fused-ring (bicyclic) bond motifs is 1. The number of likely N-dealkylation sites (N-methyl/N-ethyl adjacent to an activating group) is 1. The highest BCUT2D eigenvalue weighted by Gasteiger charge is 2.21. The summed E-state index contributed by atoms with van der Waals surface area (Å²) in [6, 6.07) is 17.2. The lowest BCUT2D eigenvalue weighted by Gasteiger charge is -2.15. The van der Waals surface area contributed by atoms with Gasteiger partial charge < -0.3 is 4.90 Å². The third kappa shape index (κ3) is 3.77. The average molecular weight is 402 g/mol. The Bertz CT molecular complexity index is 1260. The van der Waals surface area contributed by atoms with Crippen molar-refractivity contribution in [2.75, 3.05) is 20.6 Å². The molecule has 0 bridgehead atoms. The summed E-state index contributed by atoms with van der Waals surface area (Å²) < 4.78 is 2.46. The summed E-state index contributed by atoms with van der Waals surface area (Å²) in [5, 5.41) is 4.60. The molecule has 0 unspecified atom stereocenters. The second-order valence-corrected chi connectivity index (χ2v) is 7.36. The molecule has 2 aromatic carbocycles. The number of para-hydroxylation sites is 1. The lowest BCUT2D eigenvalue weighted by atomic mass is 10.1. The number of benzene rings is 2. The van der Waals surface area contributed by atoms with Crippen molar-refractivity contribution >= 4 is 0 Å². The summed E-state index contributed by atoms with van der Waals surface area (Å²) in [6.45, 7) is 0.957. The minimum Gasteiger partial charge on any atom is -0.309 e. The minimum atomic E-state index is -0.640. The number of rotatable bonds is 5. The van der Waals surface area contributed by atoms with E-state index in [1.165, 1.54) is 17.3 Å². The summed E-state index contributed by atoms with van der Waals surface area (Å²) >= 11 is 0. The van der Waals surface area contributed by atoms with Gasteiger partial charge in [0.2, 0.25) is 0 Å². The molecule has 0 spiro atoms. The normalized spacial score (nSPS) is 11.3. The summed E-state index contributed by atoms with van der Waals surface area (Å²) in [5.41, 5.74) is 1.64. The van der Waals surface area contributed by atoms with Crippen LogP contribution in [0.15, 0.2) is 64.2 Å². The van der Waals surface area contributed by atoms with Crippen LogP contribution in [0.3, 0.4) is 0 Å². The van der Waals surface area contributed by atoms with Gasteiger partial charge in [-0.1, -0.05) is 42.5 Å². The molecule has 0 saturated carbocycles. The van der Waals surface area contributed by atoms with Crippen LogP contribution >= 0.6 is 0 Å². The van der Waals surface area contributed by atoms with Crippen LogP contribution in [0.25, 0.3) is 28.6 Å². The molecule has 2 aromatic rings. The Morgan fingerprint density at radius 1 is 0.933 bits per heavy atom. The maximum atomic E-state index is 12.7. The molecule has 152 valence electrons. The van der Waals surface area contributed by atoms with Crippen LogP contribution in [0.4, 0.5) is 0 Å². The predicted octanol–water partition coefficient (Wildman–Crippen LogP) is 1.60. The monoisotopic (exact) mass is 402 g/mol. The van der Waals surface area contributed by atoms with Gasteiger partial charge in [-0.3, -0.25) is 9.36 Å². The molecule has 0 saturated heterocycles. The van der Waals surface area contributed by atoms with Crippen molar-refractivity contribution in [2.24, 2.45) is 7.05 Å². The zero-order valence-corrected chi connectivity index (χ0v) is 17.1. The van der Waals surface area contributed by atoms with E-state index in [1.54, 1.807) is 0 Å². The van der Waals surface area contributed by atoms with E-state index in [9.17, 15) is 9.59 Å². The molecule has 0 amide bonds. The maximum absolute atomic E-state index is 12.7. The van der Waals surface area contributed by atoms with Gasteiger partial charge in [-0.05, 0) is 38.2 Å². The van der Waals surface area contributed by atoms with E-state index in [-0.39, 0.29) is 11.5 Å². The van der Waals surface area contributed by atoms with Crippen LogP contribution in [-0.2, 0) is 13.5 Å². The van der Waals surface area contributed by atoms with Crippen LogP contribution in [-0.4, -0.2) is 49.9 Å². The summed E-state index contributed by atoms with van der Waals surface area (Å²) in [5.74, 6) is 0.531. The van der Waals surface area contributed by atoms with E-state index in [2.05, 4.69) is 20.0 Å². The second kappa shape index (κ2) is 8.00. The lowest BCUT2D eigenvalue weighted by Crippen LogP contribution is -2.37. The Labute approximate surface area is 173 Å². The largest absolute Gasteiger partial charge is 0.352 e. The SMILES string of the molecule is CN(C)CCc1ccc(-c2nc3c(=O)n(C)c(=O)nc-3n(-c3ccccc3)n2)cc1. The summed E-state index contributed by atoms with van der Waals surface area (Å²) in [6.07, 6.45) is 0.937. The molecule has 2 aliphatic heterocycles. The third-order valence-electron chi connectivity index (χ3n) is 4.88. The first-order chi connectivity index (χ1) is 14.4. The number of nitrogens with zero attached hydrogens (tertiary/aromatic N) is 6. The lowest BCUT2D eigenvalue weighted by molar-refractivity contribution is 0.413. The fraction of sp³-hybridized carbons (Fsp3) is 0.227. The number of hydrogen-bond acceptors (Lipinski definition) is 6. The highest BCUT2D eigenvalue weighted by atomic mass is 16.2. The second-order valence-electron chi connectivity index (χ2n) is 7.36. The minimum absolute atomic E-state index is 0.0997. The van der Waals surface area contributed by atoms with Crippen molar-refractivity contribution in [3.8, 4) is 28.6 Å². The molecule has 30 heavy (non-hydrogen) atoms. The molecule has 0 aromatic heterocycles. The molecule has 0 N–H and O–H groups in total. The quantitative estimate of drug-likeness (QED) is 0.504. The Kier molecular flexibility index (Phi) is 5.24. The van der Waals surface area contributed by atoms with E-state index in [0.29, 0.717) is 11.5 Å². The first kappa shape index (κ1) is 19.7. The highest BCUT2D eigenvalue weighted by Crippen LogP contribution is 2.22. The first-order valence-corrected chi connectivity index (χ1v) is 9.61. The molecule has 8 nitrogen and oxygen atoms in total. The molecule has 4 rings (SSSR count). The topological polar surface area (TPSA) is 85.9 Å². The smallest absolute Gasteiger partial charge is 0.309 e. The Balaban J connectivity index is 1.88. The summed E-state index contributed by atoms with van der Waals surface area (Å²) in [7, 11) is 5.48. The van der Waals surface area contributed by atoms with E-state index in [0.717, 1.165) is 23.1 Å². The van der Waals surface area contributed by atoms with Gasteiger partial charge in [-0.2, -0.15) is 4.98 Å². The third-order valence-corrected chi connectivity index (χ3v) is 4.88. The molecule has 2 heterocycles.